The first-order valence-electron chi connectivity index (χ1n) is 9.63. The van der Waals surface area contributed by atoms with E-state index in [1.807, 2.05) is 18.2 Å². The Labute approximate surface area is 170 Å². The van der Waals surface area contributed by atoms with E-state index in [1.54, 1.807) is 12.1 Å². The number of nitro groups is 1. The van der Waals surface area contributed by atoms with Gasteiger partial charge in [0.1, 0.15) is 5.69 Å². The van der Waals surface area contributed by atoms with E-state index in [-0.39, 0.29) is 10.6 Å². The first-order valence-corrected chi connectivity index (χ1v) is 11.5. The van der Waals surface area contributed by atoms with E-state index in [0.717, 1.165) is 18.7 Å². The van der Waals surface area contributed by atoms with Crippen molar-refractivity contribution in [1.29, 1.82) is 0 Å². The van der Waals surface area contributed by atoms with E-state index < -0.39 is 10.0 Å². The van der Waals surface area contributed by atoms with Crippen LogP contribution in [0.5, 0.6) is 0 Å². The monoisotopic (exact) mass is 416 g/mol. The molecule has 154 valence electrons. The van der Waals surface area contributed by atoms with Crippen molar-refractivity contribution in [2.45, 2.75) is 13.0 Å². The molecule has 0 N–H and O–H groups in total. The SMILES string of the molecule is CS(=O)(=O)N1CCN(c2ccc([N+](=O)[O-])c(N3CCc4ccccc4C3)c2)CC1. The van der Waals surface area contributed by atoms with E-state index in [2.05, 4.69) is 21.9 Å². The highest BCUT2D eigenvalue weighted by Gasteiger charge is 2.27. The van der Waals surface area contributed by atoms with Crippen LogP contribution in [0.3, 0.4) is 0 Å². The third-order valence-electron chi connectivity index (χ3n) is 5.70. The second-order valence-electron chi connectivity index (χ2n) is 7.52. The van der Waals surface area contributed by atoms with Crippen molar-refractivity contribution in [3.63, 3.8) is 0 Å². The molecular weight excluding hydrogens is 392 g/mol. The van der Waals surface area contributed by atoms with Crippen LogP contribution in [0.15, 0.2) is 42.5 Å². The molecule has 29 heavy (non-hydrogen) atoms. The molecule has 0 atom stereocenters. The lowest BCUT2D eigenvalue weighted by Gasteiger charge is -2.36. The largest absolute Gasteiger partial charge is 0.369 e. The molecule has 0 amide bonds. The van der Waals surface area contributed by atoms with Gasteiger partial charge in [0.25, 0.3) is 5.69 Å². The van der Waals surface area contributed by atoms with Gasteiger partial charge >= 0.3 is 0 Å². The molecule has 0 saturated carbocycles. The molecule has 2 aromatic carbocycles. The van der Waals surface area contributed by atoms with Gasteiger partial charge in [0.2, 0.25) is 10.0 Å². The number of benzene rings is 2. The zero-order valence-electron chi connectivity index (χ0n) is 16.3. The average Bonchev–Trinajstić information content (AvgIpc) is 2.72. The highest BCUT2D eigenvalue weighted by molar-refractivity contribution is 7.88. The summed E-state index contributed by atoms with van der Waals surface area (Å²) in [6.45, 7) is 3.33. The maximum absolute atomic E-state index is 11.7. The third kappa shape index (κ3) is 4.06. The van der Waals surface area contributed by atoms with Crippen molar-refractivity contribution in [2.24, 2.45) is 0 Å². The summed E-state index contributed by atoms with van der Waals surface area (Å²) in [6, 6.07) is 13.4. The summed E-state index contributed by atoms with van der Waals surface area (Å²) in [6.07, 6.45) is 2.07. The minimum Gasteiger partial charge on any atom is -0.369 e. The Balaban J connectivity index is 1.60. The Morgan fingerprint density at radius 1 is 0.931 bits per heavy atom. The molecule has 4 rings (SSSR count). The van der Waals surface area contributed by atoms with E-state index >= 15 is 0 Å². The van der Waals surface area contributed by atoms with Crippen LogP contribution in [0.1, 0.15) is 11.1 Å². The van der Waals surface area contributed by atoms with Gasteiger partial charge in [0.05, 0.1) is 11.2 Å². The molecule has 8 nitrogen and oxygen atoms in total. The van der Waals surface area contributed by atoms with E-state index in [0.29, 0.717) is 38.4 Å². The number of nitrogens with zero attached hydrogens (tertiary/aromatic N) is 4. The molecule has 2 aliphatic rings. The predicted octanol–water partition coefficient (Wildman–Crippen LogP) is 2.24. The summed E-state index contributed by atoms with van der Waals surface area (Å²) < 4.78 is 24.9. The van der Waals surface area contributed by atoms with Gasteiger partial charge in [-0.25, -0.2) is 8.42 Å². The van der Waals surface area contributed by atoms with Gasteiger partial charge in [-0.1, -0.05) is 24.3 Å². The third-order valence-corrected chi connectivity index (χ3v) is 7.00. The van der Waals surface area contributed by atoms with Gasteiger partial charge in [-0.2, -0.15) is 4.31 Å². The molecule has 1 saturated heterocycles. The lowest BCUT2D eigenvalue weighted by molar-refractivity contribution is -0.384. The van der Waals surface area contributed by atoms with Crippen LogP contribution in [-0.2, 0) is 23.0 Å². The molecule has 0 spiro atoms. The molecule has 1 fully saturated rings. The Hall–Kier alpha value is -2.65. The lowest BCUT2D eigenvalue weighted by Crippen LogP contribution is -2.48. The average molecular weight is 417 g/mol. The van der Waals surface area contributed by atoms with Crippen molar-refractivity contribution in [1.82, 2.24) is 4.31 Å². The van der Waals surface area contributed by atoms with Gasteiger partial charge < -0.3 is 9.80 Å². The van der Waals surface area contributed by atoms with Crippen molar-refractivity contribution < 1.29 is 13.3 Å². The molecule has 0 bridgehead atoms. The first-order chi connectivity index (χ1) is 13.8. The number of rotatable bonds is 4. The normalized spacial score (nSPS) is 17.8. The number of fused-ring (bicyclic) bond motifs is 1. The van der Waals surface area contributed by atoms with Crippen LogP contribution in [0.25, 0.3) is 0 Å². The maximum atomic E-state index is 11.7. The van der Waals surface area contributed by atoms with Crippen LogP contribution in [0, 0.1) is 10.1 Å². The Morgan fingerprint density at radius 3 is 2.28 bits per heavy atom. The highest BCUT2D eigenvalue weighted by Crippen LogP contribution is 2.35. The molecule has 2 heterocycles. The number of sulfonamides is 1. The quantitative estimate of drug-likeness (QED) is 0.561. The van der Waals surface area contributed by atoms with Gasteiger partial charge in [-0.05, 0) is 29.7 Å². The molecule has 0 aliphatic carbocycles. The summed E-state index contributed by atoms with van der Waals surface area (Å²) in [5.74, 6) is 0. The zero-order chi connectivity index (χ0) is 20.6. The number of hydrogen-bond acceptors (Lipinski definition) is 6. The fourth-order valence-corrected chi connectivity index (χ4v) is 4.92. The predicted molar refractivity (Wildman–Crippen MR) is 113 cm³/mol. The minimum absolute atomic E-state index is 0.0999. The van der Waals surface area contributed by atoms with Crippen LogP contribution in [0.4, 0.5) is 17.1 Å². The van der Waals surface area contributed by atoms with Crippen LogP contribution >= 0.6 is 0 Å². The molecule has 2 aromatic rings. The maximum Gasteiger partial charge on any atom is 0.292 e. The summed E-state index contributed by atoms with van der Waals surface area (Å²) in [5, 5.41) is 11.6. The van der Waals surface area contributed by atoms with E-state index in [4.69, 9.17) is 0 Å². The Morgan fingerprint density at radius 2 is 1.62 bits per heavy atom. The summed E-state index contributed by atoms with van der Waals surface area (Å²) in [5.41, 5.74) is 4.09. The number of anilines is 2. The second-order valence-corrected chi connectivity index (χ2v) is 9.50. The van der Waals surface area contributed by atoms with Gasteiger partial charge in [-0.3, -0.25) is 10.1 Å². The van der Waals surface area contributed by atoms with Crippen molar-refractivity contribution in [3.05, 3.63) is 63.7 Å². The van der Waals surface area contributed by atoms with Crippen molar-refractivity contribution >= 4 is 27.1 Å². The summed E-state index contributed by atoms with van der Waals surface area (Å²) in [4.78, 5) is 15.5. The number of piperazine rings is 1. The molecule has 9 heteroatoms. The molecule has 0 radical (unpaired) electrons. The van der Waals surface area contributed by atoms with E-state index in [9.17, 15) is 18.5 Å². The molecular formula is C20H24N4O4S. The highest BCUT2D eigenvalue weighted by atomic mass is 32.2. The van der Waals surface area contributed by atoms with Gasteiger partial charge in [-0.15, -0.1) is 0 Å². The van der Waals surface area contributed by atoms with Crippen LogP contribution in [-0.4, -0.2) is 56.6 Å². The first kappa shape index (κ1) is 19.7. The van der Waals surface area contributed by atoms with Crippen LogP contribution in [0.2, 0.25) is 0 Å². The second kappa shape index (κ2) is 7.64. The van der Waals surface area contributed by atoms with Crippen molar-refractivity contribution in [3.8, 4) is 0 Å². The standard InChI is InChI=1S/C20H24N4O4S/c1-29(27,28)23-12-10-21(11-13-23)18-6-7-19(24(25)26)20(14-18)22-9-8-16-4-2-3-5-17(16)15-22/h2-7,14H,8-13,15H2,1H3. The van der Waals surface area contributed by atoms with Gasteiger partial charge in [0, 0.05) is 51.0 Å². The molecule has 2 aliphatic heterocycles. The number of nitro benzene ring substituents is 1. The Kier molecular flexibility index (Phi) is 5.18. The molecule has 0 unspecified atom stereocenters. The van der Waals surface area contributed by atoms with Gasteiger partial charge in [0.15, 0.2) is 0 Å². The minimum atomic E-state index is -3.19. The van der Waals surface area contributed by atoms with Crippen molar-refractivity contribution in [2.75, 3.05) is 48.8 Å². The topological polar surface area (TPSA) is 87.0 Å². The lowest BCUT2D eigenvalue weighted by atomic mass is 9.99. The van der Waals surface area contributed by atoms with Crippen LogP contribution < -0.4 is 9.80 Å². The summed E-state index contributed by atoms with van der Waals surface area (Å²) >= 11 is 0. The fraction of sp³-hybridized carbons (Fsp3) is 0.400. The number of hydrogen-bond donors (Lipinski definition) is 0. The zero-order valence-corrected chi connectivity index (χ0v) is 17.1. The molecule has 0 aromatic heterocycles. The smallest absolute Gasteiger partial charge is 0.292 e. The summed E-state index contributed by atoms with van der Waals surface area (Å²) in [7, 11) is -3.19. The fourth-order valence-electron chi connectivity index (χ4n) is 4.10. The van der Waals surface area contributed by atoms with E-state index in [1.165, 1.54) is 21.7 Å². The Bertz CT molecular complexity index is 1030.